The summed E-state index contributed by atoms with van der Waals surface area (Å²) in [6.45, 7) is 2.85. The Bertz CT molecular complexity index is 958. The second-order valence-corrected chi connectivity index (χ2v) is 8.29. The zero-order valence-corrected chi connectivity index (χ0v) is 18.7. The van der Waals surface area contributed by atoms with Crippen molar-refractivity contribution in [3.8, 4) is 5.75 Å². The monoisotopic (exact) mass is 446 g/mol. The molecule has 0 aromatic heterocycles. The summed E-state index contributed by atoms with van der Waals surface area (Å²) in [7, 11) is 1.81. The molecule has 2 aromatic rings. The Morgan fingerprint density at radius 2 is 2.03 bits per heavy atom. The van der Waals surface area contributed by atoms with Crippen molar-refractivity contribution >= 4 is 23.8 Å². The van der Waals surface area contributed by atoms with Crippen LogP contribution in [-0.4, -0.2) is 38.4 Å². The third-order valence-corrected chi connectivity index (χ3v) is 6.15. The Balaban J connectivity index is 1.78. The molecule has 0 heterocycles. The van der Waals surface area contributed by atoms with E-state index in [-0.39, 0.29) is 17.5 Å². The van der Waals surface area contributed by atoms with E-state index < -0.39 is 5.82 Å². The molecule has 0 unspecified atom stereocenters. The Morgan fingerprint density at radius 3 is 2.68 bits per heavy atom. The van der Waals surface area contributed by atoms with Gasteiger partial charge < -0.3 is 15.4 Å². The summed E-state index contributed by atoms with van der Waals surface area (Å²) in [6.07, 6.45) is 5.16. The highest BCUT2D eigenvalue weighted by Gasteiger charge is 2.21. The maximum Gasteiger partial charge on any atom is 0.254 e. The van der Waals surface area contributed by atoms with E-state index in [0.29, 0.717) is 47.8 Å². The Morgan fingerprint density at radius 1 is 1.29 bits per heavy atom. The number of carbonyl (C=O) groups excluding carboxylic acids is 2. The largest absolute Gasteiger partial charge is 0.490 e. The van der Waals surface area contributed by atoms with Crippen molar-refractivity contribution in [2.45, 2.75) is 45.1 Å². The molecule has 7 heteroatoms. The van der Waals surface area contributed by atoms with E-state index in [0.717, 1.165) is 36.8 Å². The van der Waals surface area contributed by atoms with Crippen LogP contribution < -0.4 is 15.4 Å². The summed E-state index contributed by atoms with van der Waals surface area (Å²) in [5, 5.41) is 6.26. The highest BCUT2D eigenvalue weighted by atomic mass is 35.5. The van der Waals surface area contributed by atoms with Crippen molar-refractivity contribution in [2.24, 2.45) is 0 Å². The molecular weight excluding hydrogens is 419 g/mol. The molecular formula is C24H28ClFN2O3. The fourth-order valence-corrected chi connectivity index (χ4v) is 4.16. The first-order valence-electron chi connectivity index (χ1n) is 10.6. The van der Waals surface area contributed by atoms with Crippen LogP contribution >= 0.6 is 11.6 Å². The van der Waals surface area contributed by atoms with E-state index >= 15 is 0 Å². The number of rotatable bonds is 9. The van der Waals surface area contributed by atoms with Crippen LogP contribution in [0.15, 0.2) is 24.3 Å². The van der Waals surface area contributed by atoms with Crippen LogP contribution in [-0.2, 0) is 6.42 Å². The molecule has 1 amide bonds. The minimum absolute atomic E-state index is 0.0484. The molecule has 3 rings (SSSR count). The summed E-state index contributed by atoms with van der Waals surface area (Å²) in [6, 6.07) is 6.47. The summed E-state index contributed by atoms with van der Waals surface area (Å²) in [4.78, 5) is 24.0. The number of aldehydes is 1. The Labute approximate surface area is 187 Å². The highest BCUT2D eigenvalue weighted by Crippen LogP contribution is 2.34. The van der Waals surface area contributed by atoms with E-state index in [9.17, 15) is 14.0 Å². The smallest absolute Gasteiger partial charge is 0.254 e. The van der Waals surface area contributed by atoms with Gasteiger partial charge >= 0.3 is 0 Å². The summed E-state index contributed by atoms with van der Waals surface area (Å²) < 4.78 is 20.3. The van der Waals surface area contributed by atoms with Crippen molar-refractivity contribution in [3.05, 3.63) is 62.9 Å². The number of amides is 1. The van der Waals surface area contributed by atoms with E-state index in [1.807, 2.05) is 14.0 Å². The van der Waals surface area contributed by atoms with E-state index in [1.165, 1.54) is 12.1 Å². The topological polar surface area (TPSA) is 67.4 Å². The van der Waals surface area contributed by atoms with Gasteiger partial charge in [0.05, 0.1) is 16.1 Å². The molecule has 0 spiro atoms. The first kappa shape index (κ1) is 23.2. The minimum Gasteiger partial charge on any atom is -0.490 e. The lowest BCUT2D eigenvalue weighted by molar-refractivity contribution is 0.0933. The molecule has 1 aliphatic rings. The predicted molar refractivity (Wildman–Crippen MR) is 120 cm³/mol. The lowest BCUT2D eigenvalue weighted by Gasteiger charge is -2.16. The van der Waals surface area contributed by atoms with Gasteiger partial charge in [0.15, 0.2) is 6.29 Å². The SMILES string of the molecule is CNCCOc1c(C=O)cc(Cc2ccc(C(=O)NC3CCCC3)c(F)c2)c(C)c1Cl. The molecule has 2 N–H and O–H groups in total. The standard InChI is InChI=1S/C24H28ClFN2O3/c1-15-17(13-18(14-29)23(22(15)25)31-10-9-27-2)11-16-7-8-20(21(26)12-16)24(30)28-19-5-3-4-6-19/h7-8,12-14,19,27H,3-6,9-11H2,1-2H3,(H,28,30). The van der Waals surface area contributed by atoms with Gasteiger partial charge in [0.1, 0.15) is 18.2 Å². The van der Waals surface area contributed by atoms with Gasteiger partial charge in [0, 0.05) is 12.6 Å². The third kappa shape index (κ3) is 5.63. The van der Waals surface area contributed by atoms with Crippen LogP contribution in [0.5, 0.6) is 5.75 Å². The second kappa shape index (κ2) is 10.7. The van der Waals surface area contributed by atoms with Crippen LogP contribution in [0.25, 0.3) is 0 Å². The number of carbonyl (C=O) groups is 2. The number of ether oxygens (including phenoxy) is 1. The fraction of sp³-hybridized carbons (Fsp3) is 0.417. The normalized spacial score (nSPS) is 13.9. The van der Waals surface area contributed by atoms with Gasteiger partial charge in [0.25, 0.3) is 5.91 Å². The highest BCUT2D eigenvalue weighted by molar-refractivity contribution is 6.33. The number of nitrogens with one attached hydrogen (secondary N) is 2. The van der Waals surface area contributed by atoms with Crippen molar-refractivity contribution in [3.63, 3.8) is 0 Å². The molecule has 5 nitrogen and oxygen atoms in total. The number of hydrogen-bond donors (Lipinski definition) is 2. The summed E-state index contributed by atoms with van der Waals surface area (Å²) in [5.41, 5.74) is 2.67. The summed E-state index contributed by atoms with van der Waals surface area (Å²) >= 11 is 6.48. The first-order chi connectivity index (χ1) is 14.9. The average Bonchev–Trinajstić information content (AvgIpc) is 3.26. The van der Waals surface area contributed by atoms with Crippen LogP contribution in [0.4, 0.5) is 4.39 Å². The van der Waals surface area contributed by atoms with Gasteiger partial charge in [-0.15, -0.1) is 0 Å². The number of benzene rings is 2. The number of hydrogen-bond acceptors (Lipinski definition) is 4. The zero-order valence-electron chi connectivity index (χ0n) is 17.9. The quantitative estimate of drug-likeness (QED) is 0.441. The maximum atomic E-state index is 14.7. The molecule has 2 aromatic carbocycles. The molecule has 1 saturated carbocycles. The van der Waals surface area contributed by atoms with Gasteiger partial charge in [-0.3, -0.25) is 9.59 Å². The molecule has 0 bridgehead atoms. The van der Waals surface area contributed by atoms with Crippen LogP contribution in [0, 0.1) is 12.7 Å². The molecule has 0 saturated heterocycles. The minimum atomic E-state index is -0.556. The van der Waals surface area contributed by atoms with Crippen molar-refractivity contribution < 1.29 is 18.7 Å². The van der Waals surface area contributed by atoms with Gasteiger partial charge in [-0.25, -0.2) is 4.39 Å². The third-order valence-electron chi connectivity index (χ3n) is 5.69. The lowest BCUT2D eigenvalue weighted by atomic mass is 9.96. The van der Waals surface area contributed by atoms with Gasteiger partial charge in [-0.1, -0.05) is 30.5 Å². The molecule has 1 fully saturated rings. The number of likely N-dealkylation sites (N-methyl/N-ethyl adjacent to an activating group) is 1. The van der Waals surface area contributed by atoms with Crippen LogP contribution in [0.3, 0.4) is 0 Å². The molecule has 0 atom stereocenters. The van der Waals surface area contributed by atoms with E-state index in [4.69, 9.17) is 16.3 Å². The summed E-state index contributed by atoms with van der Waals surface area (Å²) in [5.74, 6) is -0.570. The lowest BCUT2D eigenvalue weighted by Crippen LogP contribution is -2.33. The van der Waals surface area contributed by atoms with Crippen LogP contribution in [0.1, 0.15) is 63.1 Å². The van der Waals surface area contributed by atoms with Crippen molar-refractivity contribution in [1.29, 1.82) is 0 Å². The first-order valence-corrected chi connectivity index (χ1v) is 11.0. The van der Waals surface area contributed by atoms with Crippen LogP contribution in [0.2, 0.25) is 5.02 Å². The molecule has 31 heavy (non-hydrogen) atoms. The predicted octanol–water partition coefficient (Wildman–Crippen LogP) is 4.46. The molecule has 0 aliphatic heterocycles. The average molecular weight is 447 g/mol. The molecule has 166 valence electrons. The fourth-order valence-electron chi connectivity index (χ4n) is 3.88. The van der Waals surface area contributed by atoms with Gasteiger partial charge in [0.2, 0.25) is 0 Å². The molecule has 1 aliphatic carbocycles. The Hall–Kier alpha value is -2.44. The zero-order chi connectivity index (χ0) is 22.4. The maximum absolute atomic E-state index is 14.7. The molecule has 0 radical (unpaired) electrons. The Kier molecular flexibility index (Phi) is 8.04. The number of halogens is 2. The second-order valence-electron chi connectivity index (χ2n) is 7.91. The van der Waals surface area contributed by atoms with Gasteiger partial charge in [-0.2, -0.15) is 0 Å². The van der Waals surface area contributed by atoms with E-state index in [1.54, 1.807) is 12.1 Å². The van der Waals surface area contributed by atoms with E-state index in [2.05, 4.69) is 10.6 Å². The van der Waals surface area contributed by atoms with Gasteiger partial charge in [-0.05, 0) is 68.1 Å². The van der Waals surface area contributed by atoms with Crippen molar-refractivity contribution in [1.82, 2.24) is 10.6 Å². The van der Waals surface area contributed by atoms with Crippen molar-refractivity contribution in [2.75, 3.05) is 20.2 Å².